The Balaban J connectivity index is 2.15. The molecule has 1 aromatic rings. The first-order chi connectivity index (χ1) is 8.41. The molecule has 18 heavy (non-hydrogen) atoms. The summed E-state index contributed by atoms with van der Waals surface area (Å²) in [5, 5.41) is 0. The molecule has 4 nitrogen and oxygen atoms in total. The molecule has 1 aliphatic carbocycles. The highest BCUT2D eigenvalue weighted by Crippen LogP contribution is 2.30. The Morgan fingerprint density at radius 1 is 1.56 bits per heavy atom. The average Bonchev–Trinajstić information content (AvgIpc) is 2.72. The van der Waals surface area contributed by atoms with E-state index in [9.17, 15) is 8.42 Å². The maximum atomic E-state index is 12.3. The Hall–Kier alpha value is -0.500. The van der Waals surface area contributed by atoms with Crippen LogP contribution < -0.4 is 5.73 Å². The van der Waals surface area contributed by atoms with Gasteiger partial charge in [-0.2, -0.15) is 4.31 Å². The van der Waals surface area contributed by atoms with Gasteiger partial charge in [-0.15, -0.1) is 11.3 Å². The topological polar surface area (TPSA) is 63.4 Å². The average molecular weight is 304 g/mol. The van der Waals surface area contributed by atoms with E-state index in [0.29, 0.717) is 21.5 Å². The van der Waals surface area contributed by atoms with E-state index >= 15 is 0 Å². The van der Waals surface area contributed by atoms with Crippen LogP contribution in [0.4, 0.5) is 0 Å². The molecule has 0 saturated heterocycles. The summed E-state index contributed by atoms with van der Waals surface area (Å²) in [6, 6.07) is 3.24. The van der Waals surface area contributed by atoms with Crippen LogP contribution in [0.3, 0.4) is 0 Å². The molecule has 0 unspecified atom stereocenters. The molecule has 0 amide bonds. The summed E-state index contributed by atoms with van der Waals surface area (Å²) in [5.74, 6) is 0.514. The summed E-state index contributed by atoms with van der Waals surface area (Å²) in [7, 11) is -1.75. The number of hydrogen-bond acceptors (Lipinski definition) is 4. The van der Waals surface area contributed by atoms with Gasteiger partial charge >= 0.3 is 0 Å². The summed E-state index contributed by atoms with van der Waals surface area (Å²) in [5.41, 5.74) is 5.49. The van der Waals surface area contributed by atoms with Gasteiger partial charge in [-0.25, -0.2) is 8.42 Å². The van der Waals surface area contributed by atoms with Crippen molar-refractivity contribution in [3.63, 3.8) is 0 Å². The minimum Gasteiger partial charge on any atom is -0.389 e. The predicted octanol–water partition coefficient (Wildman–Crippen LogP) is 1.80. The van der Waals surface area contributed by atoms with Crippen molar-refractivity contribution in [2.45, 2.75) is 23.5 Å². The summed E-state index contributed by atoms with van der Waals surface area (Å²) >= 11 is 5.97. The van der Waals surface area contributed by atoms with Gasteiger partial charge in [-0.1, -0.05) is 18.6 Å². The third kappa shape index (κ3) is 2.74. The SMILES string of the molecule is CN(CC1CCC1)S(=O)(=O)c1ccc(C(N)=S)s1. The fraction of sp³-hybridized carbons (Fsp3) is 0.545. The Kier molecular flexibility index (Phi) is 4.05. The number of hydrogen-bond donors (Lipinski definition) is 1. The van der Waals surface area contributed by atoms with Crippen LogP contribution >= 0.6 is 23.6 Å². The lowest BCUT2D eigenvalue weighted by atomic mass is 9.86. The minimum atomic E-state index is -3.39. The van der Waals surface area contributed by atoms with E-state index < -0.39 is 10.0 Å². The number of sulfonamides is 1. The number of nitrogens with zero attached hydrogens (tertiary/aromatic N) is 1. The largest absolute Gasteiger partial charge is 0.389 e. The Morgan fingerprint density at radius 2 is 2.22 bits per heavy atom. The molecule has 2 N–H and O–H groups in total. The maximum absolute atomic E-state index is 12.3. The monoisotopic (exact) mass is 304 g/mol. The third-order valence-corrected chi connectivity index (χ3v) is 6.99. The zero-order valence-corrected chi connectivity index (χ0v) is 12.6. The highest BCUT2D eigenvalue weighted by Gasteiger charge is 2.27. The predicted molar refractivity (Wildman–Crippen MR) is 77.4 cm³/mol. The first-order valence-corrected chi connectivity index (χ1v) is 8.43. The van der Waals surface area contributed by atoms with Gasteiger partial charge in [-0.3, -0.25) is 0 Å². The highest BCUT2D eigenvalue weighted by atomic mass is 32.2. The van der Waals surface area contributed by atoms with Crippen molar-refractivity contribution in [3.05, 3.63) is 17.0 Å². The molecule has 0 spiro atoms. The number of rotatable bonds is 5. The smallest absolute Gasteiger partial charge is 0.252 e. The molecule has 0 aromatic carbocycles. The second kappa shape index (κ2) is 5.24. The molecule has 1 heterocycles. The molecule has 1 saturated carbocycles. The fourth-order valence-electron chi connectivity index (χ4n) is 1.88. The van der Waals surface area contributed by atoms with Crippen molar-refractivity contribution in [2.75, 3.05) is 13.6 Å². The van der Waals surface area contributed by atoms with E-state index in [1.54, 1.807) is 19.2 Å². The third-order valence-electron chi connectivity index (χ3n) is 3.23. The van der Waals surface area contributed by atoms with Gasteiger partial charge in [0.05, 0.1) is 4.88 Å². The van der Waals surface area contributed by atoms with E-state index in [1.165, 1.54) is 10.7 Å². The molecule has 0 aliphatic heterocycles. The summed E-state index contributed by atoms with van der Waals surface area (Å²) in [6.07, 6.45) is 3.47. The van der Waals surface area contributed by atoms with Crippen molar-refractivity contribution in [2.24, 2.45) is 11.7 Å². The van der Waals surface area contributed by atoms with Crippen LogP contribution in [0.15, 0.2) is 16.3 Å². The lowest BCUT2D eigenvalue weighted by Crippen LogP contribution is -2.33. The van der Waals surface area contributed by atoms with Crippen molar-refractivity contribution in [3.8, 4) is 0 Å². The lowest BCUT2D eigenvalue weighted by Gasteiger charge is -2.29. The molecule has 0 bridgehead atoms. The molecule has 1 fully saturated rings. The Morgan fingerprint density at radius 3 is 2.67 bits per heavy atom. The van der Waals surface area contributed by atoms with Crippen LogP contribution in [0.25, 0.3) is 0 Å². The maximum Gasteiger partial charge on any atom is 0.252 e. The van der Waals surface area contributed by atoms with Crippen LogP contribution in [0, 0.1) is 5.92 Å². The standard InChI is InChI=1S/C11H16N2O2S3/c1-13(7-8-3-2-4-8)18(14,15)10-6-5-9(17-10)11(12)16/h5-6,8H,2-4,7H2,1H3,(H2,12,16). The van der Waals surface area contributed by atoms with Crippen LogP contribution in [-0.4, -0.2) is 31.3 Å². The van der Waals surface area contributed by atoms with Crippen LogP contribution in [0.1, 0.15) is 24.1 Å². The lowest BCUT2D eigenvalue weighted by molar-refractivity contribution is 0.263. The first-order valence-electron chi connectivity index (χ1n) is 5.77. The molecule has 100 valence electrons. The van der Waals surface area contributed by atoms with Gasteiger partial charge in [0.2, 0.25) is 0 Å². The molecule has 7 heteroatoms. The van der Waals surface area contributed by atoms with Gasteiger partial charge in [0.25, 0.3) is 10.0 Å². The molecule has 0 atom stereocenters. The molecule has 0 radical (unpaired) electrons. The van der Waals surface area contributed by atoms with Crippen LogP contribution in [-0.2, 0) is 10.0 Å². The Bertz CT molecular complexity index is 546. The van der Waals surface area contributed by atoms with Crippen LogP contribution in [0.2, 0.25) is 0 Å². The van der Waals surface area contributed by atoms with Crippen LogP contribution in [0.5, 0.6) is 0 Å². The molecule has 2 rings (SSSR count). The van der Waals surface area contributed by atoms with Crippen molar-refractivity contribution >= 4 is 38.6 Å². The quantitative estimate of drug-likeness (QED) is 0.843. The van der Waals surface area contributed by atoms with E-state index in [2.05, 4.69) is 0 Å². The van der Waals surface area contributed by atoms with Gasteiger partial charge in [0.1, 0.15) is 9.20 Å². The first kappa shape index (κ1) is 13.9. The summed E-state index contributed by atoms with van der Waals surface area (Å²) < 4.78 is 26.3. The molecular weight excluding hydrogens is 288 g/mol. The van der Waals surface area contributed by atoms with Gasteiger partial charge in [-0.05, 0) is 30.9 Å². The van der Waals surface area contributed by atoms with Crippen molar-refractivity contribution < 1.29 is 8.42 Å². The highest BCUT2D eigenvalue weighted by molar-refractivity contribution is 7.91. The second-order valence-electron chi connectivity index (χ2n) is 4.57. The number of thiophene rings is 1. The number of nitrogens with two attached hydrogens (primary N) is 1. The minimum absolute atomic E-state index is 0.239. The molecule has 1 aliphatic rings. The van der Waals surface area contributed by atoms with Gasteiger partial charge < -0.3 is 5.73 Å². The zero-order valence-electron chi connectivity index (χ0n) is 10.1. The number of thiocarbonyl (C=S) groups is 1. The van der Waals surface area contributed by atoms with Gasteiger partial charge in [0, 0.05) is 13.6 Å². The normalized spacial score (nSPS) is 16.8. The van der Waals surface area contributed by atoms with E-state index in [4.69, 9.17) is 18.0 Å². The summed E-state index contributed by atoms with van der Waals surface area (Å²) in [6.45, 7) is 0.600. The zero-order chi connectivity index (χ0) is 13.3. The van der Waals surface area contributed by atoms with E-state index in [1.807, 2.05) is 0 Å². The van der Waals surface area contributed by atoms with Crippen molar-refractivity contribution in [1.82, 2.24) is 4.31 Å². The molecule has 1 aromatic heterocycles. The van der Waals surface area contributed by atoms with E-state index in [0.717, 1.165) is 24.2 Å². The fourth-order valence-corrected chi connectivity index (χ4v) is 4.69. The van der Waals surface area contributed by atoms with Crippen molar-refractivity contribution in [1.29, 1.82) is 0 Å². The second-order valence-corrected chi connectivity index (χ2v) is 8.36. The summed E-state index contributed by atoms with van der Waals surface area (Å²) in [4.78, 5) is 0.878. The van der Waals surface area contributed by atoms with E-state index in [-0.39, 0.29) is 4.99 Å². The Labute approximate surface area is 117 Å². The van der Waals surface area contributed by atoms with Gasteiger partial charge in [0.15, 0.2) is 0 Å². The molecular formula is C11H16N2O2S3.